The zero-order valence-electron chi connectivity index (χ0n) is 14.2. The van der Waals surface area contributed by atoms with Crippen molar-refractivity contribution in [1.29, 1.82) is 0 Å². The lowest BCUT2D eigenvalue weighted by Gasteiger charge is -2.26. The summed E-state index contributed by atoms with van der Waals surface area (Å²) in [6, 6.07) is 15.4. The van der Waals surface area contributed by atoms with Crippen molar-refractivity contribution in [3.8, 4) is 0 Å². The number of hydrogen-bond acceptors (Lipinski definition) is 4. The third-order valence-corrected chi connectivity index (χ3v) is 5.48. The lowest BCUT2D eigenvalue weighted by molar-refractivity contribution is -0.146. The molecule has 1 aliphatic carbocycles. The molecule has 0 saturated carbocycles. The van der Waals surface area contributed by atoms with Crippen LogP contribution in [0, 0.1) is 0 Å². The summed E-state index contributed by atoms with van der Waals surface area (Å²) in [7, 11) is 0. The molecule has 0 heterocycles. The zero-order chi connectivity index (χ0) is 18.4. The van der Waals surface area contributed by atoms with E-state index in [0.717, 1.165) is 29.7 Å². The number of benzene rings is 2. The summed E-state index contributed by atoms with van der Waals surface area (Å²) in [6.45, 7) is -0.251. The maximum atomic E-state index is 12.1. The second-order valence-electron chi connectivity index (χ2n) is 6.11. The van der Waals surface area contributed by atoms with Gasteiger partial charge in [0.1, 0.15) is 0 Å². The molecule has 0 bridgehead atoms. The number of nitrogens with one attached hydrogen (secondary N) is 1. The van der Waals surface area contributed by atoms with Gasteiger partial charge in [0.05, 0.1) is 11.8 Å². The number of halogens is 1. The number of ether oxygens (including phenoxy) is 1. The van der Waals surface area contributed by atoms with Crippen LogP contribution in [0.1, 0.15) is 30.0 Å². The lowest BCUT2D eigenvalue weighted by atomic mass is 9.88. The quantitative estimate of drug-likeness (QED) is 0.595. The maximum absolute atomic E-state index is 12.1. The first-order valence-corrected chi connectivity index (χ1v) is 9.89. The van der Waals surface area contributed by atoms with Crippen LogP contribution in [0.3, 0.4) is 0 Å². The average Bonchev–Trinajstić information content (AvgIpc) is 2.66. The van der Waals surface area contributed by atoms with Gasteiger partial charge in [-0.05, 0) is 54.7 Å². The number of amides is 1. The van der Waals surface area contributed by atoms with Crippen molar-refractivity contribution in [2.75, 3.05) is 12.4 Å². The minimum atomic E-state index is -0.413. The summed E-state index contributed by atoms with van der Waals surface area (Å²) in [6.07, 6.45) is 2.99. The van der Waals surface area contributed by atoms with E-state index in [0.29, 0.717) is 5.02 Å². The molecule has 0 aromatic heterocycles. The summed E-state index contributed by atoms with van der Waals surface area (Å²) < 4.78 is 5.08. The number of thioether (sulfide) groups is 1. The van der Waals surface area contributed by atoms with Crippen LogP contribution >= 0.6 is 23.4 Å². The predicted molar refractivity (Wildman–Crippen MR) is 103 cm³/mol. The van der Waals surface area contributed by atoms with E-state index in [1.807, 2.05) is 30.3 Å². The van der Waals surface area contributed by atoms with Crippen molar-refractivity contribution < 1.29 is 14.3 Å². The maximum Gasteiger partial charge on any atom is 0.316 e. The van der Waals surface area contributed by atoms with E-state index >= 15 is 0 Å². The van der Waals surface area contributed by atoms with Gasteiger partial charge in [0.15, 0.2) is 6.61 Å². The zero-order valence-corrected chi connectivity index (χ0v) is 15.8. The smallest absolute Gasteiger partial charge is 0.316 e. The third kappa shape index (κ3) is 5.26. The highest BCUT2D eigenvalue weighted by atomic mass is 35.5. The minimum Gasteiger partial charge on any atom is -0.455 e. The first-order chi connectivity index (χ1) is 12.6. The number of aryl methyl sites for hydroxylation is 1. The van der Waals surface area contributed by atoms with E-state index in [2.05, 4.69) is 11.4 Å². The summed E-state index contributed by atoms with van der Waals surface area (Å²) in [4.78, 5) is 24.9. The molecule has 0 unspecified atom stereocenters. The molecule has 0 fully saturated rings. The molecule has 6 heteroatoms. The Hall–Kier alpha value is -1.98. The normalized spacial score (nSPS) is 15.8. The molecular formula is C20H20ClNO3S. The standard InChI is InChI=1S/C20H20ClNO3S/c21-15-8-10-16(11-9-15)26-13-20(24)25-12-19(23)22-18-7-3-5-14-4-1-2-6-17(14)18/h1-2,4,6,8-11,18H,3,5,7,12-13H2,(H,22,23)/t18-/m0/s1. The van der Waals surface area contributed by atoms with Crippen molar-refractivity contribution in [2.45, 2.75) is 30.2 Å². The molecule has 2 aromatic carbocycles. The Bertz CT molecular complexity index is 779. The van der Waals surface area contributed by atoms with Gasteiger partial charge < -0.3 is 10.1 Å². The average molecular weight is 390 g/mol. The van der Waals surface area contributed by atoms with Crippen LogP contribution in [0.2, 0.25) is 5.02 Å². The van der Waals surface area contributed by atoms with Gasteiger partial charge >= 0.3 is 5.97 Å². The molecule has 0 radical (unpaired) electrons. The Morgan fingerprint density at radius 1 is 1.15 bits per heavy atom. The topological polar surface area (TPSA) is 55.4 Å². The van der Waals surface area contributed by atoms with Crippen molar-refractivity contribution in [1.82, 2.24) is 5.32 Å². The van der Waals surface area contributed by atoms with E-state index < -0.39 is 5.97 Å². The Balaban J connectivity index is 1.43. The Morgan fingerprint density at radius 2 is 1.92 bits per heavy atom. The van der Waals surface area contributed by atoms with Crippen molar-refractivity contribution in [3.05, 3.63) is 64.7 Å². The fraction of sp³-hybridized carbons (Fsp3) is 0.300. The predicted octanol–water partition coefficient (Wildman–Crippen LogP) is 4.17. The number of hydrogen-bond donors (Lipinski definition) is 1. The van der Waals surface area contributed by atoms with Crippen LogP contribution in [0.25, 0.3) is 0 Å². The molecule has 1 amide bonds. The molecule has 3 rings (SSSR count). The third-order valence-electron chi connectivity index (χ3n) is 4.24. The molecule has 0 spiro atoms. The van der Waals surface area contributed by atoms with Crippen LogP contribution < -0.4 is 5.32 Å². The van der Waals surface area contributed by atoms with Gasteiger partial charge in [0.25, 0.3) is 5.91 Å². The highest BCUT2D eigenvalue weighted by Crippen LogP contribution is 2.29. The van der Waals surface area contributed by atoms with E-state index in [1.54, 1.807) is 12.1 Å². The van der Waals surface area contributed by atoms with Gasteiger partial charge in [-0.2, -0.15) is 0 Å². The van der Waals surface area contributed by atoms with Crippen LogP contribution in [0.15, 0.2) is 53.4 Å². The number of carbonyl (C=O) groups excluding carboxylic acids is 2. The summed E-state index contributed by atoms with van der Waals surface area (Å²) in [5, 5.41) is 3.62. The molecule has 136 valence electrons. The van der Waals surface area contributed by atoms with Crippen LogP contribution in [0.5, 0.6) is 0 Å². The Labute approximate surface area is 162 Å². The molecule has 0 saturated heterocycles. The number of rotatable bonds is 6. The van der Waals surface area contributed by atoms with Gasteiger partial charge in [0.2, 0.25) is 0 Å². The molecule has 1 N–H and O–H groups in total. The molecule has 1 atom stereocenters. The SMILES string of the molecule is O=C(COC(=O)CSc1ccc(Cl)cc1)N[C@H]1CCCc2ccccc21. The van der Waals surface area contributed by atoms with E-state index in [4.69, 9.17) is 16.3 Å². The van der Waals surface area contributed by atoms with Gasteiger partial charge in [0, 0.05) is 9.92 Å². The van der Waals surface area contributed by atoms with E-state index in [1.165, 1.54) is 17.3 Å². The van der Waals surface area contributed by atoms with Gasteiger partial charge in [-0.1, -0.05) is 35.9 Å². The fourth-order valence-corrected chi connectivity index (χ4v) is 3.82. The lowest BCUT2D eigenvalue weighted by Crippen LogP contribution is -2.34. The Kier molecular flexibility index (Phi) is 6.58. The van der Waals surface area contributed by atoms with Gasteiger partial charge in [-0.25, -0.2) is 0 Å². The second kappa shape index (κ2) is 9.10. The first kappa shape index (κ1) is 18.8. The second-order valence-corrected chi connectivity index (χ2v) is 7.60. The van der Waals surface area contributed by atoms with Crippen LogP contribution in [-0.2, 0) is 20.7 Å². The molecule has 1 aliphatic rings. The number of fused-ring (bicyclic) bond motifs is 1. The highest BCUT2D eigenvalue weighted by Gasteiger charge is 2.21. The highest BCUT2D eigenvalue weighted by molar-refractivity contribution is 8.00. The molecular weight excluding hydrogens is 370 g/mol. The van der Waals surface area contributed by atoms with Crippen molar-refractivity contribution in [2.24, 2.45) is 0 Å². The number of carbonyl (C=O) groups is 2. The van der Waals surface area contributed by atoms with Gasteiger partial charge in [-0.15, -0.1) is 11.8 Å². The van der Waals surface area contributed by atoms with Crippen LogP contribution in [0.4, 0.5) is 0 Å². The molecule has 4 nitrogen and oxygen atoms in total. The summed E-state index contributed by atoms with van der Waals surface area (Å²) in [5.74, 6) is -0.526. The molecule has 0 aliphatic heterocycles. The first-order valence-electron chi connectivity index (χ1n) is 8.53. The van der Waals surface area contributed by atoms with E-state index in [9.17, 15) is 9.59 Å². The summed E-state index contributed by atoms with van der Waals surface area (Å²) >= 11 is 7.18. The fourth-order valence-electron chi connectivity index (χ4n) is 3.00. The van der Waals surface area contributed by atoms with Gasteiger partial charge in [-0.3, -0.25) is 9.59 Å². The number of esters is 1. The van der Waals surface area contributed by atoms with Crippen molar-refractivity contribution >= 4 is 35.2 Å². The molecule has 26 heavy (non-hydrogen) atoms. The monoisotopic (exact) mass is 389 g/mol. The summed E-state index contributed by atoms with van der Waals surface area (Å²) in [5.41, 5.74) is 2.44. The Morgan fingerprint density at radius 3 is 2.73 bits per heavy atom. The minimum absolute atomic E-state index is 0.00501. The van der Waals surface area contributed by atoms with Crippen LogP contribution in [-0.4, -0.2) is 24.2 Å². The largest absolute Gasteiger partial charge is 0.455 e. The molecule has 2 aromatic rings. The van der Waals surface area contributed by atoms with Crippen molar-refractivity contribution in [3.63, 3.8) is 0 Å². The van der Waals surface area contributed by atoms with E-state index in [-0.39, 0.29) is 24.3 Å².